The minimum Gasteiger partial charge on any atom is -0.465 e. The number of hydrogen-bond acceptors (Lipinski definition) is 6. The predicted octanol–water partition coefficient (Wildman–Crippen LogP) is 5.45. The molecule has 1 N–H and O–H groups in total. The maximum atomic E-state index is 14.1. The first-order chi connectivity index (χ1) is 19.2. The third kappa shape index (κ3) is 6.13. The fraction of sp³-hybridized carbons (Fsp3) is 0.312. The number of rotatable bonds is 8. The Morgan fingerprint density at radius 3 is 1.82 bits per heavy atom. The van der Waals surface area contributed by atoms with Crippen molar-refractivity contribution in [1.29, 1.82) is 0 Å². The van der Waals surface area contributed by atoms with Crippen molar-refractivity contribution < 1.29 is 29.0 Å². The van der Waals surface area contributed by atoms with Gasteiger partial charge in [0.2, 0.25) is 0 Å². The summed E-state index contributed by atoms with van der Waals surface area (Å²) in [7, 11) is 1.12. The number of ether oxygens (including phenoxy) is 1. The van der Waals surface area contributed by atoms with Gasteiger partial charge in [-0.1, -0.05) is 78.9 Å². The number of nitrogens with zero attached hydrogens (tertiary/aromatic N) is 2. The molecule has 4 rings (SSSR count). The summed E-state index contributed by atoms with van der Waals surface area (Å²) < 4.78 is 4.63. The van der Waals surface area contributed by atoms with E-state index in [0.717, 1.165) is 23.8 Å². The van der Waals surface area contributed by atoms with Gasteiger partial charge in [-0.2, -0.15) is 0 Å². The van der Waals surface area contributed by atoms with E-state index in [2.05, 4.69) is 4.74 Å². The molecule has 1 saturated heterocycles. The normalized spacial score (nSPS) is 17.7. The number of likely N-dealkylation sites (tertiary alicyclic amines) is 1. The van der Waals surface area contributed by atoms with E-state index in [9.17, 15) is 24.3 Å². The summed E-state index contributed by atoms with van der Waals surface area (Å²) in [6.07, 6.45) is -2.41. The van der Waals surface area contributed by atoms with Gasteiger partial charge in [0.1, 0.15) is 0 Å². The largest absolute Gasteiger partial charge is 0.465 e. The zero-order valence-electron chi connectivity index (χ0n) is 22.9. The minimum absolute atomic E-state index is 0.0786. The number of methoxy groups -OCH3 is 1. The van der Waals surface area contributed by atoms with Crippen LogP contribution < -0.4 is 0 Å². The maximum absolute atomic E-state index is 14.1. The second-order valence-electron chi connectivity index (χ2n) is 10.2. The van der Waals surface area contributed by atoms with Crippen molar-refractivity contribution in [1.82, 2.24) is 9.80 Å². The van der Waals surface area contributed by atoms with Crippen LogP contribution in [0.1, 0.15) is 43.3 Å². The molecule has 0 radical (unpaired) electrons. The highest BCUT2D eigenvalue weighted by Gasteiger charge is 2.45. The van der Waals surface area contributed by atoms with Gasteiger partial charge in [-0.25, -0.2) is 14.5 Å². The predicted molar refractivity (Wildman–Crippen MR) is 151 cm³/mol. The van der Waals surface area contributed by atoms with Gasteiger partial charge in [0.15, 0.2) is 11.6 Å². The Balaban J connectivity index is 1.79. The smallest absolute Gasteiger partial charge is 0.419 e. The molecule has 8 heteroatoms. The summed E-state index contributed by atoms with van der Waals surface area (Å²) in [6.45, 7) is 4.64. The van der Waals surface area contributed by atoms with Crippen LogP contribution in [0.4, 0.5) is 9.59 Å². The van der Waals surface area contributed by atoms with E-state index in [1.165, 1.54) is 0 Å². The quantitative estimate of drug-likeness (QED) is 0.378. The lowest BCUT2D eigenvalue weighted by Crippen LogP contribution is -2.52. The molecular formula is C32H34N2O6. The van der Waals surface area contributed by atoms with E-state index in [1.54, 1.807) is 24.3 Å². The van der Waals surface area contributed by atoms with Crippen molar-refractivity contribution in [3.05, 3.63) is 107 Å². The number of imide groups is 1. The zero-order valence-corrected chi connectivity index (χ0v) is 22.9. The van der Waals surface area contributed by atoms with Gasteiger partial charge in [0, 0.05) is 55.1 Å². The van der Waals surface area contributed by atoms with Crippen LogP contribution >= 0.6 is 0 Å². The number of benzene rings is 3. The van der Waals surface area contributed by atoms with E-state index >= 15 is 0 Å². The lowest BCUT2D eigenvalue weighted by Gasteiger charge is -2.44. The summed E-state index contributed by atoms with van der Waals surface area (Å²) in [5, 5.41) is 9.53. The maximum Gasteiger partial charge on any atom is 0.419 e. The molecule has 1 fully saturated rings. The Bertz CT molecular complexity index is 1310. The van der Waals surface area contributed by atoms with E-state index < -0.39 is 29.9 Å². The van der Waals surface area contributed by atoms with Crippen LogP contribution in [-0.4, -0.2) is 71.9 Å². The topological polar surface area (TPSA) is 104 Å². The molecule has 1 aliphatic heterocycles. The Morgan fingerprint density at radius 2 is 1.35 bits per heavy atom. The van der Waals surface area contributed by atoms with Gasteiger partial charge < -0.3 is 14.7 Å². The molecular weight excluding hydrogens is 508 g/mol. The highest BCUT2D eigenvalue weighted by Crippen LogP contribution is 2.42. The summed E-state index contributed by atoms with van der Waals surface area (Å²) in [5.74, 6) is -1.71. The van der Waals surface area contributed by atoms with E-state index in [1.807, 2.05) is 73.3 Å². The number of ketones is 2. The first-order valence-corrected chi connectivity index (χ1v) is 13.3. The van der Waals surface area contributed by atoms with Crippen molar-refractivity contribution in [3.63, 3.8) is 0 Å². The standard InChI is InChI=1S/C32H34N2O6/c1-21-11-10-16-25(22(21)2)28-26(29(35)23-12-6-4-7-13-23)19-33(17-18-34(31(37)38)32(39)40-3)20-27(28)30(36)24-14-8-5-9-15-24/h4-16,26-28H,17-20H2,1-3H3,(H,37,38)/t26-,27-/m0/s1. The number of carbonyl (C=O) groups is 4. The molecule has 40 heavy (non-hydrogen) atoms. The molecule has 0 unspecified atom stereocenters. The molecule has 3 aromatic carbocycles. The summed E-state index contributed by atoms with van der Waals surface area (Å²) in [6, 6.07) is 24.0. The summed E-state index contributed by atoms with van der Waals surface area (Å²) in [4.78, 5) is 54.5. The first kappa shape index (κ1) is 28.7. The Hall–Kier alpha value is -4.30. The number of amides is 2. The molecule has 1 aliphatic rings. The van der Waals surface area contributed by atoms with Gasteiger partial charge in [0.25, 0.3) is 0 Å². The van der Waals surface area contributed by atoms with Crippen LogP contribution in [-0.2, 0) is 4.74 Å². The highest BCUT2D eigenvalue weighted by molar-refractivity contribution is 6.02. The molecule has 2 amide bonds. The Kier molecular flexibility index (Phi) is 9.11. The Labute approximate surface area is 234 Å². The van der Waals surface area contributed by atoms with Crippen LogP contribution in [0.3, 0.4) is 0 Å². The molecule has 0 saturated carbocycles. The molecule has 1 heterocycles. The van der Waals surface area contributed by atoms with E-state index in [4.69, 9.17) is 0 Å². The number of piperidine rings is 1. The SMILES string of the molecule is COC(=O)N(CCN1C[C@H](C(=O)c2ccccc2)C(c2cccc(C)c2C)[C@@H](C(=O)c2ccccc2)C1)C(=O)O. The Morgan fingerprint density at radius 1 is 0.825 bits per heavy atom. The van der Waals surface area contributed by atoms with Gasteiger partial charge in [-0.15, -0.1) is 0 Å². The minimum atomic E-state index is -1.43. The number of aryl methyl sites for hydroxylation is 1. The zero-order chi connectivity index (χ0) is 28.8. The van der Waals surface area contributed by atoms with Crippen molar-refractivity contribution in [2.24, 2.45) is 11.8 Å². The molecule has 0 aliphatic carbocycles. The van der Waals surface area contributed by atoms with Gasteiger partial charge in [-0.3, -0.25) is 9.59 Å². The highest BCUT2D eigenvalue weighted by atomic mass is 16.5. The number of hydrogen-bond donors (Lipinski definition) is 1. The van der Waals surface area contributed by atoms with Crippen LogP contribution in [0, 0.1) is 25.7 Å². The van der Waals surface area contributed by atoms with Crippen LogP contribution in [0.2, 0.25) is 0 Å². The molecule has 208 valence electrons. The third-order valence-corrected chi connectivity index (χ3v) is 7.84. The van der Waals surface area contributed by atoms with Crippen LogP contribution in [0.5, 0.6) is 0 Å². The molecule has 3 aromatic rings. The lowest BCUT2D eigenvalue weighted by molar-refractivity contribution is 0.0532. The van der Waals surface area contributed by atoms with Crippen molar-refractivity contribution in [3.8, 4) is 0 Å². The fourth-order valence-corrected chi connectivity index (χ4v) is 5.63. The average molecular weight is 543 g/mol. The first-order valence-electron chi connectivity index (χ1n) is 13.3. The second kappa shape index (κ2) is 12.7. The van der Waals surface area contributed by atoms with E-state index in [0.29, 0.717) is 29.1 Å². The monoisotopic (exact) mass is 542 g/mol. The average Bonchev–Trinajstić information content (AvgIpc) is 2.98. The third-order valence-electron chi connectivity index (χ3n) is 7.84. The van der Waals surface area contributed by atoms with Crippen LogP contribution in [0.15, 0.2) is 78.9 Å². The summed E-state index contributed by atoms with van der Waals surface area (Å²) >= 11 is 0. The molecule has 2 atom stereocenters. The summed E-state index contributed by atoms with van der Waals surface area (Å²) in [5.41, 5.74) is 4.19. The number of carboxylic acid groups (broad SMARTS) is 1. The van der Waals surface area contributed by atoms with Gasteiger partial charge in [-0.05, 0) is 30.5 Å². The number of carbonyl (C=O) groups excluding carboxylic acids is 3. The van der Waals surface area contributed by atoms with Crippen molar-refractivity contribution in [2.45, 2.75) is 19.8 Å². The number of Topliss-reactive ketones (excluding diaryl/α,β-unsaturated/α-hetero) is 2. The van der Waals surface area contributed by atoms with E-state index in [-0.39, 0.29) is 24.7 Å². The van der Waals surface area contributed by atoms with Crippen molar-refractivity contribution in [2.75, 3.05) is 33.3 Å². The molecule has 8 nitrogen and oxygen atoms in total. The fourth-order valence-electron chi connectivity index (χ4n) is 5.63. The van der Waals surface area contributed by atoms with Gasteiger partial charge in [0.05, 0.1) is 7.11 Å². The van der Waals surface area contributed by atoms with Gasteiger partial charge >= 0.3 is 12.2 Å². The molecule has 0 spiro atoms. The second-order valence-corrected chi connectivity index (χ2v) is 10.2. The van der Waals surface area contributed by atoms with Crippen LogP contribution in [0.25, 0.3) is 0 Å². The van der Waals surface area contributed by atoms with Crippen molar-refractivity contribution >= 4 is 23.8 Å². The molecule has 0 bridgehead atoms. The lowest BCUT2D eigenvalue weighted by atomic mass is 9.67. The molecule has 0 aromatic heterocycles.